The van der Waals surface area contributed by atoms with Crippen LogP contribution in [0.2, 0.25) is 0 Å². The molecule has 38 heavy (non-hydrogen) atoms. The van der Waals surface area contributed by atoms with Crippen molar-refractivity contribution in [3.05, 3.63) is 48.0 Å². The zero-order chi connectivity index (χ0) is 26.2. The van der Waals surface area contributed by atoms with E-state index in [-0.39, 0.29) is 23.5 Å². The summed E-state index contributed by atoms with van der Waals surface area (Å²) in [6.07, 6.45) is 5.77. The zero-order valence-electron chi connectivity index (χ0n) is 21.1. The molecule has 2 aromatic heterocycles. The molecule has 0 aliphatic carbocycles. The molecule has 2 saturated heterocycles. The molecule has 9 nitrogen and oxygen atoms in total. The SMILES string of the molecule is CC1(C)Oc2cc(N3CCCC3=O)c(F)cc2-c2cnc(Nc3cnc4c(c3)N3C(=O)CC[C@@H]3CO4)cc21. The third kappa shape index (κ3) is 3.50. The van der Waals surface area contributed by atoms with E-state index in [4.69, 9.17) is 9.47 Å². The first-order valence-corrected chi connectivity index (χ1v) is 12.8. The van der Waals surface area contributed by atoms with Crippen molar-refractivity contribution in [2.24, 2.45) is 0 Å². The van der Waals surface area contributed by atoms with Crippen LogP contribution in [0, 0.1) is 5.82 Å². The molecule has 1 atom stereocenters. The smallest absolute Gasteiger partial charge is 0.238 e. The number of benzene rings is 1. The van der Waals surface area contributed by atoms with Crippen LogP contribution in [0.3, 0.4) is 0 Å². The summed E-state index contributed by atoms with van der Waals surface area (Å²) in [4.78, 5) is 37.0. The Kier molecular flexibility index (Phi) is 4.92. The van der Waals surface area contributed by atoms with Crippen LogP contribution in [-0.2, 0) is 15.2 Å². The molecular weight excluding hydrogens is 489 g/mol. The van der Waals surface area contributed by atoms with Crippen LogP contribution < -0.4 is 24.6 Å². The third-order valence-corrected chi connectivity index (χ3v) is 7.72. The van der Waals surface area contributed by atoms with Gasteiger partial charge in [0.05, 0.1) is 23.6 Å². The molecule has 7 rings (SSSR count). The number of fused-ring (bicyclic) bond motifs is 6. The molecule has 0 unspecified atom stereocenters. The lowest BCUT2D eigenvalue weighted by molar-refractivity contribution is -0.118. The highest BCUT2D eigenvalue weighted by Gasteiger charge is 2.39. The predicted octanol–water partition coefficient (Wildman–Crippen LogP) is 4.67. The molecule has 0 bridgehead atoms. The van der Waals surface area contributed by atoms with Gasteiger partial charge in [0.25, 0.3) is 0 Å². The van der Waals surface area contributed by atoms with Gasteiger partial charge >= 0.3 is 0 Å². The molecule has 1 N–H and O–H groups in total. The number of anilines is 4. The van der Waals surface area contributed by atoms with Gasteiger partial charge in [-0.1, -0.05) is 0 Å². The van der Waals surface area contributed by atoms with Crippen LogP contribution in [0.4, 0.5) is 27.3 Å². The number of nitrogens with zero attached hydrogens (tertiary/aromatic N) is 4. The van der Waals surface area contributed by atoms with Crippen LogP contribution in [0.15, 0.2) is 36.7 Å². The van der Waals surface area contributed by atoms with Gasteiger partial charge in [0.15, 0.2) is 0 Å². The Labute approximate surface area is 218 Å². The molecule has 10 heteroatoms. The fourth-order valence-electron chi connectivity index (χ4n) is 5.86. The van der Waals surface area contributed by atoms with Gasteiger partial charge in [0.1, 0.15) is 35.3 Å². The van der Waals surface area contributed by atoms with Crippen molar-refractivity contribution < 1.29 is 23.5 Å². The summed E-state index contributed by atoms with van der Waals surface area (Å²) < 4.78 is 27.3. The van der Waals surface area contributed by atoms with E-state index < -0.39 is 11.4 Å². The van der Waals surface area contributed by atoms with Crippen molar-refractivity contribution in [1.82, 2.24) is 9.97 Å². The number of rotatable bonds is 3. The Bertz CT molecular complexity index is 1520. The van der Waals surface area contributed by atoms with E-state index in [2.05, 4.69) is 15.3 Å². The lowest BCUT2D eigenvalue weighted by atomic mass is 9.87. The molecule has 2 fully saturated rings. The maximum Gasteiger partial charge on any atom is 0.238 e. The maximum absolute atomic E-state index is 15.2. The van der Waals surface area contributed by atoms with Crippen molar-refractivity contribution in [3.63, 3.8) is 0 Å². The number of ether oxygens (including phenoxy) is 2. The fourth-order valence-corrected chi connectivity index (χ4v) is 5.86. The van der Waals surface area contributed by atoms with Crippen molar-refractivity contribution >= 4 is 34.7 Å². The van der Waals surface area contributed by atoms with Gasteiger partial charge in [-0.3, -0.25) is 9.59 Å². The molecular formula is C28H26FN5O4. The van der Waals surface area contributed by atoms with Crippen LogP contribution in [-0.4, -0.2) is 41.0 Å². The minimum absolute atomic E-state index is 0.0384. The van der Waals surface area contributed by atoms with Gasteiger partial charge in [-0.2, -0.15) is 0 Å². The summed E-state index contributed by atoms with van der Waals surface area (Å²) in [6, 6.07) is 6.82. The lowest BCUT2D eigenvalue weighted by Crippen LogP contribution is -2.40. The van der Waals surface area contributed by atoms with E-state index in [1.165, 1.54) is 11.0 Å². The first kappa shape index (κ1) is 22.9. The number of carbonyl (C=O) groups excluding carboxylic acids is 2. The highest BCUT2D eigenvalue weighted by Crippen LogP contribution is 2.48. The molecule has 4 aliphatic heterocycles. The summed E-state index contributed by atoms with van der Waals surface area (Å²) in [5.41, 5.74) is 3.05. The van der Waals surface area contributed by atoms with Gasteiger partial charge in [-0.05, 0) is 44.9 Å². The first-order valence-electron chi connectivity index (χ1n) is 12.8. The quantitative estimate of drug-likeness (QED) is 0.542. The average Bonchev–Trinajstić information content (AvgIpc) is 3.49. The highest BCUT2D eigenvalue weighted by atomic mass is 19.1. The molecule has 1 aromatic carbocycles. The highest BCUT2D eigenvalue weighted by molar-refractivity contribution is 5.98. The Morgan fingerprint density at radius 2 is 1.89 bits per heavy atom. The predicted molar refractivity (Wildman–Crippen MR) is 138 cm³/mol. The lowest BCUT2D eigenvalue weighted by Gasteiger charge is -2.35. The second-order valence-electron chi connectivity index (χ2n) is 10.6. The molecule has 3 aromatic rings. The number of hydrogen-bond donors (Lipinski definition) is 1. The van der Waals surface area contributed by atoms with Crippen LogP contribution in [0.5, 0.6) is 11.6 Å². The number of halogens is 1. The Morgan fingerprint density at radius 1 is 1.03 bits per heavy atom. The van der Waals surface area contributed by atoms with Crippen LogP contribution >= 0.6 is 0 Å². The molecule has 0 radical (unpaired) electrons. The number of pyridine rings is 2. The van der Waals surface area contributed by atoms with Crippen LogP contribution in [0.1, 0.15) is 45.1 Å². The minimum atomic E-state index is -0.733. The normalized spacial score (nSPS) is 20.8. The molecule has 0 saturated carbocycles. The molecule has 4 aliphatic rings. The summed E-state index contributed by atoms with van der Waals surface area (Å²) in [6.45, 7) is 4.85. The maximum atomic E-state index is 15.2. The topological polar surface area (TPSA) is 96.9 Å². The largest absolute Gasteiger partial charge is 0.482 e. The Balaban J connectivity index is 1.23. The molecule has 194 valence electrons. The second-order valence-corrected chi connectivity index (χ2v) is 10.6. The molecule has 0 spiro atoms. The number of nitrogens with one attached hydrogen (secondary N) is 1. The van der Waals surface area contributed by atoms with Gasteiger partial charge in [0, 0.05) is 48.3 Å². The van der Waals surface area contributed by atoms with E-state index in [0.29, 0.717) is 66.8 Å². The fraction of sp³-hybridized carbons (Fsp3) is 0.357. The van der Waals surface area contributed by atoms with Crippen molar-refractivity contribution in [3.8, 4) is 22.8 Å². The summed E-state index contributed by atoms with van der Waals surface area (Å²) in [7, 11) is 0. The van der Waals surface area contributed by atoms with E-state index in [1.54, 1.807) is 23.4 Å². The third-order valence-electron chi connectivity index (χ3n) is 7.72. The molecule has 6 heterocycles. The average molecular weight is 516 g/mol. The Morgan fingerprint density at radius 3 is 2.71 bits per heavy atom. The first-order chi connectivity index (χ1) is 18.3. The van der Waals surface area contributed by atoms with Gasteiger partial charge in [-0.15, -0.1) is 0 Å². The standard InChI is InChI=1S/C28H26FN5O4/c1-28(2)19-10-24(32-15-8-22-27(31-12-15)37-14-16-5-6-26(36)34(16)22)30-13-18(19)17-9-20(29)21(11-23(17)38-28)33-7-3-4-25(33)35/h8-13,16H,3-7,14H2,1-2H3,(H,30,32)/t16-/m1/s1. The number of carbonyl (C=O) groups is 2. The summed E-state index contributed by atoms with van der Waals surface area (Å²) in [5, 5.41) is 3.28. The van der Waals surface area contributed by atoms with E-state index >= 15 is 4.39 Å². The van der Waals surface area contributed by atoms with Crippen molar-refractivity contribution in [1.29, 1.82) is 0 Å². The van der Waals surface area contributed by atoms with Gasteiger partial charge in [-0.25, -0.2) is 14.4 Å². The van der Waals surface area contributed by atoms with Gasteiger partial charge in [0.2, 0.25) is 17.7 Å². The van der Waals surface area contributed by atoms with Gasteiger partial charge < -0.3 is 24.6 Å². The second kappa shape index (κ2) is 8.14. The van der Waals surface area contributed by atoms with E-state index in [9.17, 15) is 9.59 Å². The van der Waals surface area contributed by atoms with Crippen molar-refractivity contribution in [2.45, 2.75) is 51.2 Å². The number of hydrogen-bond acceptors (Lipinski definition) is 7. The van der Waals surface area contributed by atoms with Crippen LogP contribution in [0.25, 0.3) is 11.1 Å². The zero-order valence-corrected chi connectivity index (χ0v) is 21.1. The molecule has 2 amide bonds. The summed E-state index contributed by atoms with van der Waals surface area (Å²) >= 11 is 0. The monoisotopic (exact) mass is 515 g/mol. The van der Waals surface area contributed by atoms with E-state index in [1.807, 2.05) is 26.0 Å². The Hall–Kier alpha value is -4.21. The number of aromatic nitrogens is 2. The van der Waals surface area contributed by atoms with E-state index in [0.717, 1.165) is 17.5 Å². The van der Waals surface area contributed by atoms with Crippen molar-refractivity contribution in [2.75, 3.05) is 28.3 Å². The number of amides is 2. The summed E-state index contributed by atoms with van der Waals surface area (Å²) in [5.74, 6) is 1.06. The minimum Gasteiger partial charge on any atom is -0.482 e.